The average Bonchev–Trinajstić information content (AvgIpc) is 2.85. The van der Waals surface area contributed by atoms with E-state index in [0.717, 1.165) is 24.9 Å². The summed E-state index contributed by atoms with van der Waals surface area (Å²) in [4.78, 5) is 11.5. The Bertz CT molecular complexity index is 520. The molecule has 2 N–H and O–H groups in total. The van der Waals surface area contributed by atoms with E-state index in [2.05, 4.69) is 16.6 Å². The summed E-state index contributed by atoms with van der Waals surface area (Å²) in [7, 11) is 0. The zero-order chi connectivity index (χ0) is 14.4. The third kappa shape index (κ3) is 3.52. The third-order valence-electron chi connectivity index (χ3n) is 3.35. The number of nitrogens with one attached hydrogen (secondary N) is 2. The Labute approximate surface area is 119 Å². The second-order valence-electron chi connectivity index (χ2n) is 4.85. The molecule has 0 fully saturated rings. The molecule has 0 aliphatic heterocycles. The lowest BCUT2D eigenvalue weighted by Gasteiger charge is -2.12. The highest BCUT2D eigenvalue weighted by Crippen LogP contribution is 2.32. The van der Waals surface area contributed by atoms with Gasteiger partial charge < -0.3 is 4.74 Å². The molecule has 2 rings (SSSR count). The van der Waals surface area contributed by atoms with Crippen LogP contribution < -0.4 is 10.6 Å². The number of anilines is 1. The van der Waals surface area contributed by atoms with Gasteiger partial charge in [-0.3, -0.25) is 10.6 Å². The summed E-state index contributed by atoms with van der Waals surface area (Å²) in [6.07, 6.45) is 7.73. The van der Waals surface area contributed by atoms with Gasteiger partial charge in [-0.15, -0.1) is 6.42 Å². The van der Waals surface area contributed by atoms with Crippen LogP contribution in [0.2, 0.25) is 0 Å². The third-order valence-corrected chi connectivity index (χ3v) is 3.35. The van der Waals surface area contributed by atoms with Crippen LogP contribution in [0, 0.1) is 12.3 Å². The van der Waals surface area contributed by atoms with E-state index in [0.29, 0.717) is 19.2 Å². The van der Waals surface area contributed by atoms with Gasteiger partial charge in [0.15, 0.2) is 0 Å². The predicted octanol–water partition coefficient (Wildman–Crippen LogP) is 2.86. The van der Waals surface area contributed by atoms with Crippen LogP contribution in [-0.2, 0) is 11.2 Å². The first-order valence-corrected chi connectivity index (χ1v) is 6.98. The molecule has 4 heteroatoms. The number of ether oxygens (including phenoxy) is 1. The Balaban J connectivity index is 1.99. The summed E-state index contributed by atoms with van der Waals surface area (Å²) in [6, 6.07) is 6.29. The van der Waals surface area contributed by atoms with Gasteiger partial charge >= 0.3 is 6.09 Å². The number of benzene rings is 1. The highest BCUT2D eigenvalue weighted by molar-refractivity contribution is 5.84. The van der Waals surface area contributed by atoms with Gasteiger partial charge in [0.25, 0.3) is 0 Å². The van der Waals surface area contributed by atoms with Crippen LogP contribution in [-0.4, -0.2) is 19.2 Å². The molecule has 20 heavy (non-hydrogen) atoms. The highest BCUT2D eigenvalue weighted by Gasteiger charge is 2.22. The van der Waals surface area contributed by atoms with Crippen molar-refractivity contribution in [1.29, 1.82) is 0 Å². The van der Waals surface area contributed by atoms with Crippen LogP contribution in [0.5, 0.6) is 0 Å². The Morgan fingerprint density at radius 2 is 2.40 bits per heavy atom. The molecule has 0 spiro atoms. The van der Waals surface area contributed by atoms with Gasteiger partial charge in [-0.1, -0.05) is 18.9 Å². The minimum Gasteiger partial charge on any atom is -0.449 e. The van der Waals surface area contributed by atoms with Crippen LogP contribution in [0.4, 0.5) is 10.5 Å². The fraction of sp³-hybridized carbons (Fsp3) is 0.438. The van der Waals surface area contributed by atoms with Crippen LogP contribution >= 0.6 is 0 Å². The molecule has 4 nitrogen and oxygen atoms in total. The maximum absolute atomic E-state index is 11.5. The van der Waals surface area contributed by atoms with Gasteiger partial charge in [0.05, 0.1) is 13.2 Å². The molecule has 0 saturated carbocycles. The lowest BCUT2D eigenvalue weighted by atomic mass is 10.1. The topological polar surface area (TPSA) is 50.4 Å². The number of terminal acetylenes is 1. The van der Waals surface area contributed by atoms with E-state index >= 15 is 0 Å². The Hall–Kier alpha value is -1.99. The van der Waals surface area contributed by atoms with E-state index in [-0.39, 0.29) is 0 Å². The van der Waals surface area contributed by atoms with Crippen molar-refractivity contribution >= 4 is 11.8 Å². The standard InChI is InChI=1S/C16H20N2O2/c1-3-9-17-15-8-5-12-11-13(6-7-14(12)15)18-16(19)20-10-4-2/h1,6-7,11,15,17H,4-5,8-10H2,2H3,(H,18,19)/t15-/m1/s1. The van der Waals surface area contributed by atoms with Crippen LogP contribution in [0.25, 0.3) is 0 Å². The predicted molar refractivity (Wildman–Crippen MR) is 79.6 cm³/mol. The van der Waals surface area contributed by atoms with Crippen molar-refractivity contribution in [3.63, 3.8) is 0 Å². The van der Waals surface area contributed by atoms with Crippen molar-refractivity contribution in [2.24, 2.45) is 0 Å². The van der Waals surface area contributed by atoms with Gasteiger partial charge in [0.1, 0.15) is 0 Å². The quantitative estimate of drug-likeness (QED) is 0.810. The average molecular weight is 272 g/mol. The highest BCUT2D eigenvalue weighted by atomic mass is 16.5. The molecule has 0 aromatic heterocycles. The first-order valence-electron chi connectivity index (χ1n) is 6.98. The molecule has 1 aliphatic rings. The van der Waals surface area contributed by atoms with E-state index in [1.807, 2.05) is 25.1 Å². The maximum atomic E-state index is 11.5. The van der Waals surface area contributed by atoms with Gasteiger partial charge in [-0.05, 0) is 42.5 Å². The molecule has 0 bridgehead atoms. The van der Waals surface area contributed by atoms with Gasteiger partial charge in [-0.2, -0.15) is 0 Å². The molecule has 0 saturated heterocycles. The van der Waals surface area contributed by atoms with E-state index in [1.54, 1.807) is 0 Å². The van der Waals surface area contributed by atoms with Crippen molar-refractivity contribution in [2.75, 3.05) is 18.5 Å². The molecule has 0 heterocycles. The fourth-order valence-corrected chi connectivity index (χ4v) is 2.44. The van der Waals surface area contributed by atoms with Crippen LogP contribution in [0.1, 0.15) is 36.9 Å². The number of aryl methyl sites for hydroxylation is 1. The van der Waals surface area contributed by atoms with Gasteiger partial charge in [0, 0.05) is 11.7 Å². The number of fused-ring (bicyclic) bond motifs is 1. The number of hydrogen-bond acceptors (Lipinski definition) is 3. The van der Waals surface area contributed by atoms with Crippen molar-refractivity contribution in [1.82, 2.24) is 5.32 Å². The van der Waals surface area contributed by atoms with E-state index < -0.39 is 6.09 Å². The normalized spacial score (nSPS) is 16.3. The molecule has 1 aromatic carbocycles. The molecule has 1 aromatic rings. The zero-order valence-corrected chi connectivity index (χ0v) is 11.7. The Morgan fingerprint density at radius 1 is 1.55 bits per heavy atom. The lowest BCUT2D eigenvalue weighted by molar-refractivity contribution is 0.161. The second-order valence-corrected chi connectivity index (χ2v) is 4.85. The summed E-state index contributed by atoms with van der Waals surface area (Å²) in [5.41, 5.74) is 3.31. The van der Waals surface area contributed by atoms with E-state index in [1.165, 1.54) is 11.1 Å². The van der Waals surface area contributed by atoms with Crippen molar-refractivity contribution < 1.29 is 9.53 Å². The summed E-state index contributed by atoms with van der Waals surface area (Å²) in [6.45, 7) is 2.98. The molecule has 1 aliphatic carbocycles. The summed E-state index contributed by atoms with van der Waals surface area (Å²) < 4.78 is 5.00. The minimum atomic E-state index is -0.396. The molecule has 0 radical (unpaired) electrons. The fourth-order valence-electron chi connectivity index (χ4n) is 2.44. The van der Waals surface area contributed by atoms with E-state index in [9.17, 15) is 4.79 Å². The number of carbonyl (C=O) groups excluding carboxylic acids is 1. The largest absolute Gasteiger partial charge is 0.449 e. The maximum Gasteiger partial charge on any atom is 0.411 e. The van der Waals surface area contributed by atoms with Crippen molar-refractivity contribution in [3.8, 4) is 12.3 Å². The molecular formula is C16H20N2O2. The number of hydrogen-bond donors (Lipinski definition) is 2. The number of amides is 1. The second kappa shape index (κ2) is 6.97. The summed E-state index contributed by atoms with van der Waals surface area (Å²) in [5, 5.41) is 6.08. The molecule has 1 amide bonds. The van der Waals surface area contributed by atoms with Gasteiger partial charge in [-0.25, -0.2) is 4.79 Å². The molecular weight excluding hydrogens is 252 g/mol. The summed E-state index contributed by atoms with van der Waals surface area (Å²) >= 11 is 0. The van der Waals surface area contributed by atoms with Crippen LogP contribution in [0.3, 0.4) is 0 Å². The summed E-state index contributed by atoms with van der Waals surface area (Å²) in [5.74, 6) is 2.60. The monoisotopic (exact) mass is 272 g/mol. The van der Waals surface area contributed by atoms with Crippen molar-refractivity contribution in [2.45, 2.75) is 32.2 Å². The first-order chi connectivity index (χ1) is 9.74. The first kappa shape index (κ1) is 14.4. The SMILES string of the molecule is C#CCN[C@@H]1CCc2cc(NC(=O)OCCC)ccc21. The molecule has 106 valence electrons. The number of carbonyl (C=O) groups is 1. The minimum absolute atomic E-state index is 0.321. The molecule has 1 atom stereocenters. The smallest absolute Gasteiger partial charge is 0.411 e. The Morgan fingerprint density at radius 3 is 3.15 bits per heavy atom. The Kier molecular flexibility index (Phi) is 5.03. The van der Waals surface area contributed by atoms with Crippen LogP contribution in [0.15, 0.2) is 18.2 Å². The van der Waals surface area contributed by atoms with Gasteiger partial charge in [0.2, 0.25) is 0 Å². The number of rotatable bonds is 5. The zero-order valence-electron chi connectivity index (χ0n) is 11.7. The molecule has 0 unspecified atom stereocenters. The van der Waals surface area contributed by atoms with Crippen molar-refractivity contribution in [3.05, 3.63) is 29.3 Å². The van der Waals surface area contributed by atoms with E-state index in [4.69, 9.17) is 11.2 Å². The lowest BCUT2D eigenvalue weighted by Crippen LogP contribution is -2.19.